The molecule has 0 saturated heterocycles. The van der Waals surface area contributed by atoms with Crippen LogP contribution in [0.15, 0.2) is 42.5 Å². The summed E-state index contributed by atoms with van der Waals surface area (Å²) in [5.74, 6) is -0.291. The molecule has 0 aliphatic carbocycles. The van der Waals surface area contributed by atoms with Crippen molar-refractivity contribution in [2.24, 2.45) is 0 Å². The number of fused-ring (bicyclic) bond motifs is 1. The molecular formula is C15H11FINO. The standard InChI is InChI=1S/C15H11FINO/c16-12-6-11-9-18(8-10-4-2-1-3-5-10)15(19)14(11)13(17)7-12/h1-7H,8-9H2. The fourth-order valence-electron chi connectivity index (χ4n) is 2.36. The van der Waals surface area contributed by atoms with Gasteiger partial charge in [-0.3, -0.25) is 4.79 Å². The molecule has 1 heterocycles. The summed E-state index contributed by atoms with van der Waals surface area (Å²) in [6.45, 7) is 1.04. The van der Waals surface area contributed by atoms with Gasteiger partial charge in [-0.25, -0.2) is 4.39 Å². The number of hydrogen-bond donors (Lipinski definition) is 0. The van der Waals surface area contributed by atoms with Crippen LogP contribution in [0.4, 0.5) is 4.39 Å². The van der Waals surface area contributed by atoms with Crippen molar-refractivity contribution in [2.45, 2.75) is 13.1 Å². The van der Waals surface area contributed by atoms with Crippen molar-refractivity contribution in [3.05, 3.63) is 68.5 Å². The fourth-order valence-corrected chi connectivity index (χ4v) is 3.23. The first-order chi connectivity index (χ1) is 9.15. The number of carbonyl (C=O) groups is 1. The molecule has 0 spiro atoms. The molecule has 96 valence electrons. The highest BCUT2D eigenvalue weighted by atomic mass is 127. The summed E-state index contributed by atoms with van der Waals surface area (Å²) >= 11 is 2.02. The van der Waals surface area contributed by atoms with Crippen LogP contribution in [-0.4, -0.2) is 10.8 Å². The van der Waals surface area contributed by atoms with Gasteiger partial charge in [0, 0.05) is 16.7 Å². The van der Waals surface area contributed by atoms with Crippen LogP contribution >= 0.6 is 22.6 Å². The topological polar surface area (TPSA) is 20.3 Å². The van der Waals surface area contributed by atoms with Gasteiger partial charge >= 0.3 is 0 Å². The number of amides is 1. The minimum absolute atomic E-state index is 0.0109. The maximum absolute atomic E-state index is 13.4. The smallest absolute Gasteiger partial charge is 0.255 e. The van der Waals surface area contributed by atoms with Crippen molar-refractivity contribution < 1.29 is 9.18 Å². The average molecular weight is 367 g/mol. The van der Waals surface area contributed by atoms with Gasteiger partial charge in [-0.1, -0.05) is 30.3 Å². The number of nitrogens with zero attached hydrogens (tertiary/aromatic N) is 1. The Balaban J connectivity index is 1.89. The Kier molecular flexibility index (Phi) is 3.26. The molecule has 0 atom stereocenters. The second-order valence-electron chi connectivity index (χ2n) is 4.57. The average Bonchev–Trinajstić information content (AvgIpc) is 2.67. The highest BCUT2D eigenvalue weighted by Crippen LogP contribution is 2.29. The lowest BCUT2D eigenvalue weighted by Gasteiger charge is -2.15. The number of hydrogen-bond acceptors (Lipinski definition) is 1. The lowest BCUT2D eigenvalue weighted by Crippen LogP contribution is -2.23. The molecule has 1 amide bonds. The van der Waals surface area contributed by atoms with Crippen molar-refractivity contribution in [3.63, 3.8) is 0 Å². The molecule has 0 saturated carbocycles. The van der Waals surface area contributed by atoms with E-state index in [-0.39, 0.29) is 11.7 Å². The largest absolute Gasteiger partial charge is 0.330 e. The third-order valence-electron chi connectivity index (χ3n) is 3.22. The van der Waals surface area contributed by atoms with Gasteiger partial charge in [0.05, 0.1) is 5.56 Å². The van der Waals surface area contributed by atoms with E-state index in [2.05, 4.69) is 0 Å². The number of carbonyl (C=O) groups excluding carboxylic acids is 1. The van der Waals surface area contributed by atoms with Crippen LogP contribution in [0.1, 0.15) is 21.5 Å². The quantitative estimate of drug-likeness (QED) is 0.743. The highest BCUT2D eigenvalue weighted by Gasteiger charge is 2.29. The van der Waals surface area contributed by atoms with Crippen LogP contribution in [0.5, 0.6) is 0 Å². The van der Waals surface area contributed by atoms with Crippen LogP contribution in [0.2, 0.25) is 0 Å². The van der Waals surface area contributed by atoms with E-state index in [1.54, 1.807) is 4.90 Å². The van der Waals surface area contributed by atoms with E-state index in [0.29, 0.717) is 22.2 Å². The molecule has 0 N–H and O–H groups in total. The first-order valence-corrected chi connectivity index (χ1v) is 7.04. The van der Waals surface area contributed by atoms with Gasteiger partial charge in [-0.05, 0) is 45.9 Å². The highest BCUT2D eigenvalue weighted by molar-refractivity contribution is 14.1. The Morgan fingerprint density at radius 1 is 1.21 bits per heavy atom. The van der Waals surface area contributed by atoms with Gasteiger partial charge in [0.25, 0.3) is 5.91 Å². The van der Waals surface area contributed by atoms with Gasteiger partial charge in [-0.2, -0.15) is 0 Å². The number of halogens is 2. The summed E-state index contributed by atoms with van der Waals surface area (Å²) < 4.78 is 14.1. The van der Waals surface area contributed by atoms with E-state index in [1.165, 1.54) is 12.1 Å². The van der Waals surface area contributed by atoms with Gasteiger partial charge < -0.3 is 4.90 Å². The molecule has 2 aromatic rings. The molecule has 19 heavy (non-hydrogen) atoms. The minimum Gasteiger partial charge on any atom is -0.330 e. The maximum atomic E-state index is 13.4. The first-order valence-electron chi connectivity index (χ1n) is 5.96. The normalized spacial score (nSPS) is 13.8. The van der Waals surface area contributed by atoms with Crippen LogP contribution in [-0.2, 0) is 13.1 Å². The van der Waals surface area contributed by atoms with Crippen LogP contribution < -0.4 is 0 Å². The lowest BCUT2D eigenvalue weighted by molar-refractivity contribution is 0.0766. The lowest BCUT2D eigenvalue weighted by atomic mass is 10.1. The van der Waals surface area contributed by atoms with E-state index in [9.17, 15) is 9.18 Å². The molecule has 4 heteroatoms. The van der Waals surface area contributed by atoms with Crippen molar-refractivity contribution in [1.29, 1.82) is 0 Å². The molecule has 0 aromatic heterocycles. The second-order valence-corrected chi connectivity index (χ2v) is 5.73. The Morgan fingerprint density at radius 2 is 1.95 bits per heavy atom. The van der Waals surface area contributed by atoms with Crippen LogP contribution in [0, 0.1) is 9.39 Å². The maximum Gasteiger partial charge on any atom is 0.255 e. The minimum atomic E-state index is -0.280. The van der Waals surface area contributed by atoms with Gasteiger partial charge in [0.1, 0.15) is 5.82 Å². The van der Waals surface area contributed by atoms with E-state index >= 15 is 0 Å². The Labute approximate surface area is 124 Å². The molecule has 0 fully saturated rings. The number of rotatable bonds is 2. The fraction of sp³-hybridized carbons (Fsp3) is 0.133. The third kappa shape index (κ3) is 2.36. The molecule has 3 rings (SSSR count). The molecule has 0 radical (unpaired) electrons. The predicted molar refractivity (Wildman–Crippen MR) is 79.1 cm³/mol. The monoisotopic (exact) mass is 367 g/mol. The summed E-state index contributed by atoms with van der Waals surface area (Å²) in [4.78, 5) is 14.1. The summed E-state index contributed by atoms with van der Waals surface area (Å²) in [6, 6.07) is 12.7. The Bertz CT molecular complexity index is 642. The molecule has 2 nitrogen and oxygen atoms in total. The second kappa shape index (κ2) is 4.92. The summed E-state index contributed by atoms with van der Waals surface area (Å²) in [7, 11) is 0. The molecular weight excluding hydrogens is 356 g/mol. The van der Waals surface area contributed by atoms with E-state index in [0.717, 1.165) is 11.1 Å². The predicted octanol–water partition coefficient (Wildman–Crippen LogP) is 3.59. The van der Waals surface area contributed by atoms with Gasteiger partial charge in [-0.15, -0.1) is 0 Å². The van der Waals surface area contributed by atoms with Crippen molar-refractivity contribution in [2.75, 3.05) is 0 Å². The molecule has 1 aliphatic rings. The van der Waals surface area contributed by atoms with Crippen molar-refractivity contribution in [3.8, 4) is 0 Å². The molecule has 0 unspecified atom stereocenters. The van der Waals surface area contributed by atoms with Crippen LogP contribution in [0.25, 0.3) is 0 Å². The van der Waals surface area contributed by atoms with E-state index < -0.39 is 0 Å². The Hall–Kier alpha value is -1.43. The van der Waals surface area contributed by atoms with Crippen LogP contribution in [0.3, 0.4) is 0 Å². The van der Waals surface area contributed by atoms with Gasteiger partial charge in [0.15, 0.2) is 0 Å². The summed E-state index contributed by atoms with van der Waals surface area (Å²) in [5.41, 5.74) is 2.52. The SMILES string of the molecule is O=C1c2c(I)cc(F)cc2CN1Cc1ccccc1. The number of benzene rings is 2. The summed E-state index contributed by atoms with van der Waals surface area (Å²) in [6.07, 6.45) is 0. The van der Waals surface area contributed by atoms with E-state index in [1.807, 2.05) is 52.9 Å². The zero-order valence-corrected chi connectivity index (χ0v) is 12.2. The Morgan fingerprint density at radius 3 is 2.68 bits per heavy atom. The molecule has 1 aliphatic heterocycles. The zero-order chi connectivity index (χ0) is 13.4. The summed E-state index contributed by atoms with van der Waals surface area (Å²) in [5, 5.41) is 0. The molecule has 2 aromatic carbocycles. The third-order valence-corrected chi connectivity index (χ3v) is 4.07. The van der Waals surface area contributed by atoms with Crippen molar-refractivity contribution >= 4 is 28.5 Å². The molecule has 0 bridgehead atoms. The van der Waals surface area contributed by atoms with E-state index in [4.69, 9.17) is 0 Å². The first kappa shape index (κ1) is 12.6. The van der Waals surface area contributed by atoms with Crippen molar-refractivity contribution in [1.82, 2.24) is 4.90 Å². The van der Waals surface area contributed by atoms with Gasteiger partial charge in [0.2, 0.25) is 0 Å². The zero-order valence-electron chi connectivity index (χ0n) is 10.1.